The number of nitrogens with one attached hydrogen (secondary N) is 1. The summed E-state index contributed by atoms with van der Waals surface area (Å²) in [5.41, 5.74) is 2.17. The predicted octanol–water partition coefficient (Wildman–Crippen LogP) is 2.66. The largest absolute Gasteiger partial charge is 0.356 e. The molecule has 0 fully saturated rings. The van der Waals surface area contributed by atoms with E-state index >= 15 is 0 Å². The van der Waals surface area contributed by atoms with Crippen molar-refractivity contribution in [3.8, 4) is 0 Å². The molecule has 0 aliphatic rings. The minimum absolute atomic E-state index is 0. The molecule has 3 aromatic rings. The first-order valence-electron chi connectivity index (χ1n) is 7.49. The smallest absolute Gasteiger partial charge is 0.193 e. The molecule has 3 rings (SSSR count). The van der Waals surface area contributed by atoms with Gasteiger partial charge in [-0.2, -0.15) is 11.3 Å². The fourth-order valence-corrected chi connectivity index (χ4v) is 3.12. The van der Waals surface area contributed by atoms with Crippen molar-refractivity contribution >= 4 is 46.9 Å². The Morgan fingerprint density at radius 1 is 1.33 bits per heavy atom. The number of nitrogens with zero attached hydrogens (tertiary/aromatic N) is 5. The van der Waals surface area contributed by atoms with E-state index in [9.17, 15) is 0 Å². The highest BCUT2D eigenvalue weighted by Gasteiger charge is 2.08. The van der Waals surface area contributed by atoms with E-state index in [4.69, 9.17) is 0 Å². The van der Waals surface area contributed by atoms with Crippen molar-refractivity contribution in [3.05, 3.63) is 52.6 Å². The van der Waals surface area contributed by atoms with E-state index < -0.39 is 0 Å². The van der Waals surface area contributed by atoms with Crippen LogP contribution in [-0.2, 0) is 13.0 Å². The van der Waals surface area contributed by atoms with Gasteiger partial charge in [-0.25, -0.2) is 0 Å². The van der Waals surface area contributed by atoms with Crippen molar-refractivity contribution in [2.45, 2.75) is 13.0 Å². The summed E-state index contributed by atoms with van der Waals surface area (Å²) in [6, 6.07) is 8.04. The van der Waals surface area contributed by atoms with Gasteiger partial charge in [-0.15, -0.1) is 34.2 Å². The molecule has 0 unspecified atom stereocenters. The Morgan fingerprint density at radius 2 is 2.21 bits per heavy atom. The summed E-state index contributed by atoms with van der Waals surface area (Å²) in [6.07, 6.45) is 2.78. The van der Waals surface area contributed by atoms with Crippen LogP contribution in [0.2, 0.25) is 0 Å². The van der Waals surface area contributed by atoms with Crippen LogP contribution < -0.4 is 5.32 Å². The minimum atomic E-state index is 0. The number of rotatable bonds is 5. The number of aliphatic imine (C=N–C) groups is 1. The molecular weight excluding hydrogens is 435 g/mol. The Kier molecular flexibility index (Phi) is 6.98. The van der Waals surface area contributed by atoms with Crippen molar-refractivity contribution in [2.75, 3.05) is 20.6 Å². The lowest BCUT2D eigenvalue weighted by Gasteiger charge is -2.21. The normalized spacial score (nSPS) is 11.3. The van der Waals surface area contributed by atoms with E-state index in [0.29, 0.717) is 0 Å². The van der Waals surface area contributed by atoms with Gasteiger partial charge >= 0.3 is 0 Å². The van der Waals surface area contributed by atoms with Crippen molar-refractivity contribution in [1.29, 1.82) is 0 Å². The van der Waals surface area contributed by atoms with Gasteiger partial charge in [0.15, 0.2) is 11.6 Å². The maximum atomic E-state index is 4.34. The predicted molar refractivity (Wildman–Crippen MR) is 109 cm³/mol. The second-order valence-electron chi connectivity index (χ2n) is 5.26. The van der Waals surface area contributed by atoms with Crippen LogP contribution in [-0.4, -0.2) is 46.1 Å². The second kappa shape index (κ2) is 8.97. The zero-order valence-corrected chi connectivity index (χ0v) is 16.9. The minimum Gasteiger partial charge on any atom is -0.356 e. The molecule has 0 spiro atoms. The van der Waals surface area contributed by atoms with E-state index in [1.807, 2.05) is 35.8 Å². The number of aromatic nitrogens is 3. The third-order valence-electron chi connectivity index (χ3n) is 3.59. The number of hydrogen-bond donors (Lipinski definition) is 1. The Bertz CT molecular complexity index is 783. The Balaban J connectivity index is 0.00000208. The maximum Gasteiger partial charge on any atom is 0.193 e. The number of halogens is 1. The van der Waals surface area contributed by atoms with Crippen LogP contribution in [0.1, 0.15) is 11.4 Å². The van der Waals surface area contributed by atoms with Gasteiger partial charge in [-0.3, -0.25) is 9.39 Å². The van der Waals surface area contributed by atoms with Crippen molar-refractivity contribution in [2.24, 2.45) is 4.99 Å². The van der Waals surface area contributed by atoms with Crippen molar-refractivity contribution < 1.29 is 0 Å². The summed E-state index contributed by atoms with van der Waals surface area (Å²) in [7, 11) is 3.85. The molecule has 0 saturated carbocycles. The molecule has 0 aliphatic carbocycles. The van der Waals surface area contributed by atoms with Gasteiger partial charge in [0.25, 0.3) is 0 Å². The zero-order chi connectivity index (χ0) is 16.1. The third kappa shape index (κ3) is 4.44. The fraction of sp³-hybridized carbons (Fsp3) is 0.312. The summed E-state index contributed by atoms with van der Waals surface area (Å²) in [5.74, 6) is 1.83. The molecule has 24 heavy (non-hydrogen) atoms. The van der Waals surface area contributed by atoms with E-state index in [-0.39, 0.29) is 24.0 Å². The van der Waals surface area contributed by atoms with Crippen LogP contribution in [0.25, 0.3) is 5.65 Å². The Morgan fingerprint density at radius 3 is 2.96 bits per heavy atom. The summed E-state index contributed by atoms with van der Waals surface area (Å²) in [5, 5.41) is 16.0. The van der Waals surface area contributed by atoms with Gasteiger partial charge in [0.05, 0.1) is 0 Å². The first-order chi connectivity index (χ1) is 11.3. The number of fused-ring (bicyclic) bond motifs is 1. The monoisotopic (exact) mass is 456 g/mol. The highest BCUT2D eigenvalue weighted by molar-refractivity contribution is 14.0. The summed E-state index contributed by atoms with van der Waals surface area (Å²) in [6.45, 7) is 1.60. The standard InChI is InChI=1S/C16H20N6S.HI/c1-17-16(21(2)11-13-7-10-23-12-13)18-8-6-15-20-19-14-5-3-4-9-22(14)15;/h3-5,7,9-10,12H,6,8,11H2,1-2H3,(H,17,18);1H. The number of pyridine rings is 1. The van der Waals surface area contributed by atoms with Gasteiger partial charge in [0, 0.05) is 39.8 Å². The number of thiophene rings is 1. The van der Waals surface area contributed by atoms with E-state index in [1.165, 1.54) is 5.56 Å². The quantitative estimate of drug-likeness (QED) is 0.365. The van der Waals surface area contributed by atoms with Gasteiger partial charge < -0.3 is 10.2 Å². The molecule has 0 atom stereocenters. The van der Waals surface area contributed by atoms with Crippen LogP contribution in [0.4, 0.5) is 0 Å². The highest BCUT2D eigenvalue weighted by atomic mass is 127. The molecule has 128 valence electrons. The summed E-state index contributed by atoms with van der Waals surface area (Å²) < 4.78 is 2.01. The van der Waals surface area contributed by atoms with Crippen LogP contribution in [0, 0.1) is 0 Å². The first kappa shape index (κ1) is 18.7. The first-order valence-corrected chi connectivity index (χ1v) is 8.43. The van der Waals surface area contributed by atoms with Gasteiger partial charge in [-0.1, -0.05) is 6.07 Å². The third-order valence-corrected chi connectivity index (χ3v) is 4.32. The van der Waals surface area contributed by atoms with Crippen LogP contribution in [0.15, 0.2) is 46.2 Å². The molecule has 0 saturated heterocycles. The lowest BCUT2D eigenvalue weighted by molar-refractivity contribution is 0.477. The summed E-state index contributed by atoms with van der Waals surface area (Å²) >= 11 is 1.71. The Hall–Kier alpha value is -1.68. The second-order valence-corrected chi connectivity index (χ2v) is 6.04. The van der Waals surface area contributed by atoms with Gasteiger partial charge in [-0.05, 0) is 34.5 Å². The molecule has 0 bridgehead atoms. The number of guanidine groups is 1. The molecule has 8 heteroatoms. The maximum absolute atomic E-state index is 4.34. The highest BCUT2D eigenvalue weighted by Crippen LogP contribution is 2.08. The molecule has 0 aliphatic heterocycles. The molecule has 3 aromatic heterocycles. The average Bonchev–Trinajstić information content (AvgIpc) is 3.21. The SMILES string of the molecule is CN=C(NCCc1nnc2ccccn12)N(C)Cc1ccsc1.I. The molecule has 0 amide bonds. The topological polar surface area (TPSA) is 57.8 Å². The van der Waals surface area contributed by atoms with E-state index in [0.717, 1.165) is 36.9 Å². The fourth-order valence-electron chi connectivity index (χ4n) is 2.46. The van der Waals surface area contributed by atoms with Crippen LogP contribution >= 0.6 is 35.3 Å². The summed E-state index contributed by atoms with van der Waals surface area (Å²) in [4.78, 5) is 6.46. The molecule has 3 heterocycles. The lowest BCUT2D eigenvalue weighted by Crippen LogP contribution is -2.39. The van der Waals surface area contributed by atoms with Crippen LogP contribution in [0.3, 0.4) is 0 Å². The molecule has 0 aromatic carbocycles. The van der Waals surface area contributed by atoms with Crippen molar-refractivity contribution in [1.82, 2.24) is 24.8 Å². The Labute approximate surface area is 162 Å². The molecule has 0 radical (unpaired) electrons. The molecule has 6 nitrogen and oxygen atoms in total. The molecule has 1 N–H and O–H groups in total. The average molecular weight is 456 g/mol. The van der Waals surface area contributed by atoms with E-state index in [1.54, 1.807) is 18.4 Å². The van der Waals surface area contributed by atoms with Gasteiger partial charge in [0.1, 0.15) is 5.82 Å². The molecular formula is C16H21IN6S. The van der Waals surface area contributed by atoms with E-state index in [2.05, 4.69) is 42.2 Å². The zero-order valence-electron chi connectivity index (χ0n) is 13.7. The lowest BCUT2D eigenvalue weighted by atomic mass is 10.3. The van der Waals surface area contributed by atoms with Crippen molar-refractivity contribution in [3.63, 3.8) is 0 Å². The van der Waals surface area contributed by atoms with Gasteiger partial charge in [0.2, 0.25) is 0 Å². The number of hydrogen-bond acceptors (Lipinski definition) is 4. The van der Waals surface area contributed by atoms with Crippen LogP contribution in [0.5, 0.6) is 0 Å².